The Kier molecular flexibility index (Phi) is 4.51. The molecule has 2 aromatic rings. The van der Waals surface area contributed by atoms with E-state index in [1.54, 1.807) is 12.1 Å². The molecule has 2 rings (SSSR count). The minimum absolute atomic E-state index is 0.216. The van der Waals surface area contributed by atoms with Crippen molar-refractivity contribution in [3.8, 4) is 17.6 Å². The van der Waals surface area contributed by atoms with Gasteiger partial charge in [0.05, 0.1) is 42.2 Å². The summed E-state index contributed by atoms with van der Waals surface area (Å²) in [5.41, 5.74) is 0.957. The maximum absolute atomic E-state index is 13.9. The van der Waals surface area contributed by atoms with Gasteiger partial charge in [0.15, 0.2) is 0 Å². The van der Waals surface area contributed by atoms with Gasteiger partial charge in [-0.2, -0.15) is 5.26 Å². The third-order valence-electron chi connectivity index (χ3n) is 2.84. The number of nitriles is 1. The van der Waals surface area contributed by atoms with E-state index < -0.39 is 5.82 Å². The standard InChI is InChI=1S/C15H12ClFN2O2/c1-20-14-7-15(21-2)13(6-10(14)16)19-12-4-3-9(8-18)5-11(12)17/h3-7,19H,1-2H3. The fourth-order valence-electron chi connectivity index (χ4n) is 1.79. The molecule has 6 heteroatoms. The normalized spacial score (nSPS) is 9.86. The molecule has 0 radical (unpaired) electrons. The molecule has 0 amide bonds. The van der Waals surface area contributed by atoms with Crippen LogP contribution in [0.5, 0.6) is 11.5 Å². The number of anilines is 2. The molecule has 0 heterocycles. The highest BCUT2D eigenvalue weighted by Gasteiger charge is 2.12. The molecule has 0 aliphatic carbocycles. The summed E-state index contributed by atoms with van der Waals surface area (Å²) in [5.74, 6) is 0.377. The zero-order chi connectivity index (χ0) is 15.4. The molecule has 21 heavy (non-hydrogen) atoms. The first kappa shape index (κ1) is 14.9. The third-order valence-corrected chi connectivity index (χ3v) is 3.14. The summed E-state index contributed by atoms with van der Waals surface area (Å²) >= 11 is 6.05. The fourth-order valence-corrected chi connectivity index (χ4v) is 2.03. The Labute approximate surface area is 126 Å². The van der Waals surface area contributed by atoms with Gasteiger partial charge >= 0.3 is 0 Å². The Balaban J connectivity index is 2.40. The second-order valence-electron chi connectivity index (χ2n) is 4.12. The second-order valence-corrected chi connectivity index (χ2v) is 4.53. The Bertz CT molecular complexity index is 714. The number of nitrogens with zero attached hydrogens (tertiary/aromatic N) is 1. The van der Waals surface area contributed by atoms with E-state index in [4.69, 9.17) is 26.3 Å². The highest BCUT2D eigenvalue weighted by Crippen LogP contribution is 2.37. The van der Waals surface area contributed by atoms with E-state index >= 15 is 0 Å². The van der Waals surface area contributed by atoms with E-state index in [2.05, 4.69) is 5.32 Å². The Morgan fingerprint density at radius 3 is 2.38 bits per heavy atom. The summed E-state index contributed by atoms with van der Waals surface area (Å²) in [6.45, 7) is 0. The molecule has 4 nitrogen and oxygen atoms in total. The number of hydrogen-bond acceptors (Lipinski definition) is 4. The van der Waals surface area contributed by atoms with Gasteiger partial charge < -0.3 is 14.8 Å². The Hall–Kier alpha value is -2.45. The maximum atomic E-state index is 13.9. The zero-order valence-electron chi connectivity index (χ0n) is 11.4. The fraction of sp³-hybridized carbons (Fsp3) is 0.133. The van der Waals surface area contributed by atoms with Gasteiger partial charge in [-0.3, -0.25) is 0 Å². The molecule has 1 N–H and O–H groups in total. The van der Waals surface area contributed by atoms with Crippen molar-refractivity contribution in [3.05, 3.63) is 46.7 Å². The van der Waals surface area contributed by atoms with Crippen LogP contribution in [-0.4, -0.2) is 14.2 Å². The number of benzene rings is 2. The summed E-state index contributed by atoms with van der Waals surface area (Å²) in [5, 5.41) is 12.0. The van der Waals surface area contributed by atoms with Crippen LogP contribution < -0.4 is 14.8 Å². The van der Waals surface area contributed by atoms with Crippen LogP contribution in [0.1, 0.15) is 5.56 Å². The van der Waals surface area contributed by atoms with Gasteiger partial charge in [0.1, 0.15) is 17.3 Å². The minimum atomic E-state index is -0.539. The van der Waals surface area contributed by atoms with Crippen LogP contribution in [-0.2, 0) is 0 Å². The van der Waals surface area contributed by atoms with E-state index in [1.807, 2.05) is 6.07 Å². The van der Waals surface area contributed by atoms with E-state index in [-0.39, 0.29) is 11.3 Å². The van der Waals surface area contributed by atoms with Crippen LogP contribution >= 0.6 is 11.6 Å². The van der Waals surface area contributed by atoms with Crippen LogP contribution in [0.25, 0.3) is 0 Å². The summed E-state index contributed by atoms with van der Waals surface area (Å²) in [6.07, 6.45) is 0. The highest BCUT2D eigenvalue weighted by molar-refractivity contribution is 6.32. The summed E-state index contributed by atoms with van der Waals surface area (Å²) in [7, 11) is 2.98. The molecule has 0 aliphatic rings. The molecule has 108 valence electrons. The number of halogens is 2. The number of ether oxygens (including phenoxy) is 2. The van der Waals surface area contributed by atoms with Crippen molar-refractivity contribution in [1.82, 2.24) is 0 Å². The monoisotopic (exact) mass is 306 g/mol. The highest BCUT2D eigenvalue weighted by atomic mass is 35.5. The van der Waals surface area contributed by atoms with Crippen LogP contribution in [0.2, 0.25) is 5.02 Å². The van der Waals surface area contributed by atoms with Crippen molar-refractivity contribution in [2.24, 2.45) is 0 Å². The van der Waals surface area contributed by atoms with Crippen molar-refractivity contribution >= 4 is 23.0 Å². The van der Waals surface area contributed by atoms with E-state index in [0.717, 1.165) is 6.07 Å². The summed E-state index contributed by atoms with van der Waals surface area (Å²) in [6, 6.07) is 9.21. The molecule has 0 saturated heterocycles. The van der Waals surface area contributed by atoms with E-state index in [0.29, 0.717) is 22.2 Å². The van der Waals surface area contributed by atoms with Crippen molar-refractivity contribution in [2.75, 3.05) is 19.5 Å². The Morgan fingerprint density at radius 1 is 1.10 bits per heavy atom. The quantitative estimate of drug-likeness (QED) is 0.923. The second kappa shape index (κ2) is 6.33. The van der Waals surface area contributed by atoms with Crippen molar-refractivity contribution in [2.45, 2.75) is 0 Å². The molecule has 0 atom stereocenters. The molecule has 0 saturated carbocycles. The van der Waals surface area contributed by atoms with E-state index in [9.17, 15) is 4.39 Å². The molecular weight excluding hydrogens is 295 g/mol. The largest absolute Gasteiger partial charge is 0.495 e. The third kappa shape index (κ3) is 3.18. The topological polar surface area (TPSA) is 54.3 Å². The van der Waals surface area contributed by atoms with Crippen LogP contribution in [0.3, 0.4) is 0 Å². The minimum Gasteiger partial charge on any atom is -0.495 e. The molecule has 0 unspecified atom stereocenters. The van der Waals surface area contributed by atoms with Crippen molar-refractivity contribution < 1.29 is 13.9 Å². The first-order chi connectivity index (χ1) is 10.1. The molecule has 2 aromatic carbocycles. The number of hydrogen-bond donors (Lipinski definition) is 1. The summed E-state index contributed by atoms with van der Waals surface area (Å²) < 4.78 is 24.2. The first-order valence-corrected chi connectivity index (χ1v) is 6.35. The molecule has 0 bridgehead atoms. The zero-order valence-corrected chi connectivity index (χ0v) is 12.2. The van der Waals surface area contributed by atoms with Gasteiger partial charge in [-0.15, -0.1) is 0 Å². The van der Waals surface area contributed by atoms with Gasteiger partial charge in [-0.1, -0.05) is 11.6 Å². The predicted molar refractivity (Wildman–Crippen MR) is 79.0 cm³/mol. The van der Waals surface area contributed by atoms with Crippen LogP contribution in [0, 0.1) is 17.1 Å². The molecule has 0 aliphatic heterocycles. The van der Waals surface area contributed by atoms with Crippen LogP contribution in [0.4, 0.5) is 15.8 Å². The summed E-state index contributed by atoms with van der Waals surface area (Å²) in [4.78, 5) is 0. The lowest BCUT2D eigenvalue weighted by atomic mass is 10.2. The SMILES string of the molecule is COc1cc(OC)c(Nc2ccc(C#N)cc2F)cc1Cl. The molecule has 0 fully saturated rings. The van der Waals surface area contributed by atoms with Gasteiger partial charge in [0, 0.05) is 6.07 Å². The van der Waals surface area contributed by atoms with Crippen LogP contribution in [0.15, 0.2) is 30.3 Å². The average molecular weight is 307 g/mol. The van der Waals surface area contributed by atoms with Gasteiger partial charge in [-0.05, 0) is 24.3 Å². The lowest BCUT2D eigenvalue weighted by molar-refractivity contribution is 0.396. The van der Waals surface area contributed by atoms with E-state index in [1.165, 1.54) is 26.4 Å². The Morgan fingerprint density at radius 2 is 1.81 bits per heavy atom. The molecular formula is C15H12ClFN2O2. The smallest absolute Gasteiger partial charge is 0.147 e. The number of methoxy groups -OCH3 is 2. The predicted octanol–water partition coefficient (Wildman–Crippen LogP) is 4.11. The van der Waals surface area contributed by atoms with Gasteiger partial charge in [-0.25, -0.2) is 4.39 Å². The average Bonchev–Trinajstić information content (AvgIpc) is 2.49. The molecule has 0 aromatic heterocycles. The van der Waals surface area contributed by atoms with Gasteiger partial charge in [0.25, 0.3) is 0 Å². The van der Waals surface area contributed by atoms with Gasteiger partial charge in [0.2, 0.25) is 0 Å². The number of rotatable bonds is 4. The van der Waals surface area contributed by atoms with Crippen molar-refractivity contribution in [3.63, 3.8) is 0 Å². The maximum Gasteiger partial charge on any atom is 0.147 e. The van der Waals surface area contributed by atoms with Crippen molar-refractivity contribution in [1.29, 1.82) is 5.26 Å². The number of nitrogens with one attached hydrogen (secondary N) is 1. The molecule has 0 spiro atoms. The first-order valence-electron chi connectivity index (χ1n) is 5.97. The lowest BCUT2D eigenvalue weighted by Gasteiger charge is -2.14. The lowest BCUT2D eigenvalue weighted by Crippen LogP contribution is -1.98.